The number of rotatable bonds is 78. The van der Waals surface area contributed by atoms with Crippen LogP contribution in [0.25, 0.3) is 0 Å². The number of allylic oxidation sites excluding steroid dienone is 9. The first-order valence-corrected chi connectivity index (χ1v) is 41.6. The molecule has 0 aliphatic carbocycles. The maximum Gasteiger partial charge on any atom is 0.305 e. The number of ether oxygens (including phenoxy) is 1. The monoisotopic (exact) mass is 1290 g/mol. The number of hydrogen-bond donors (Lipinski definition) is 3. The molecule has 0 saturated heterocycles. The van der Waals surface area contributed by atoms with Crippen LogP contribution in [0, 0.1) is 0 Å². The molecule has 0 radical (unpaired) electrons. The molecule has 540 valence electrons. The molecule has 0 rings (SSSR count). The van der Waals surface area contributed by atoms with E-state index in [2.05, 4.69) is 67.8 Å². The van der Waals surface area contributed by atoms with Gasteiger partial charge in [0.05, 0.1) is 25.4 Å². The highest BCUT2D eigenvalue weighted by Gasteiger charge is 2.18. The average molecular weight is 1290 g/mol. The van der Waals surface area contributed by atoms with Crippen molar-refractivity contribution in [3.05, 3.63) is 60.8 Å². The normalized spacial score (nSPS) is 12.8. The lowest BCUT2D eigenvalue weighted by atomic mass is 10.0. The fourth-order valence-corrected chi connectivity index (χ4v) is 12.9. The smallest absolute Gasteiger partial charge is 0.305 e. The Labute approximate surface area is 575 Å². The van der Waals surface area contributed by atoms with Crippen LogP contribution in [0.2, 0.25) is 0 Å². The van der Waals surface area contributed by atoms with Crippen LogP contribution >= 0.6 is 0 Å². The van der Waals surface area contributed by atoms with Crippen LogP contribution in [0.3, 0.4) is 0 Å². The molecule has 2 atom stereocenters. The van der Waals surface area contributed by atoms with Crippen LogP contribution in [-0.4, -0.2) is 47.4 Å². The summed E-state index contributed by atoms with van der Waals surface area (Å²) in [7, 11) is 0. The topological polar surface area (TPSA) is 95.9 Å². The van der Waals surface area contributed by atoms with Crippen molar-refractivity contribution in [1.29, 1.82) is 0 Å². The van der Waals surface area contributed by atoms with E-state index in [0.29, 0.717) is 19.4 Å². The van der Waals surface area contributed by atoms with E-state index in [9.17, 15) is 19.8 Å². The number of nitrogens with one attached hydrogen (secondary N) is 1. The van der Waals surface area contributed by atoms with Gasteiger partial charge in [-0.3, -0.25) is 9.59 Å². The Morgan fingerprint density at radius 1 is 0.304 bits per heavy atom. The van der Waals surface area contributed by atoms with Gasteiger partial charge in [-0.25, -0.2) is 0 Å². The summed E-state index contributed by atoms with van der Waals surface area (Å²) in [6, 6.07) is -0.627. The fraction of sp³-hybridized carbons (Fsp3) is 0.860. The van der Waals surface area contributed by atoms with E-state index in [4.69, 9.17) is 4.74 Å². The Hall–Kier alpha value is -2.44. The van der Waals surface area contributed by atoms with Crippen LogP contribution in [0.5, 0.6) is 0 Å². The van der Waals surface area contributed by atoms with Gasteiger partial charge in [0.15, 0.2) is 0 Å². The summed E-state index contributed by atoms with van der Waals surface area (Å²) >= 11 is 0. The summed E-state index contributed by atoms with van der Waals surface area (Å²) < 4.78 is 5.51. The van der Waals surface area contributed by atoms with E-state index in [-0.39, 0.29) is 18.5 Å². The molecule has 0 aromatic rings. The van der Waals surface area contributed by atoms with E-state index in [1.807, 2.05) is 6.08 Å². The van der Waals surface area contributed by atoms with E-state index in [1.54, 1.807) is 6.08 Å². The first-order valence-electron chi connectivity index (χ1n) is 41.6. The van der Waals surface area contributed by atoms with E-state index >= 15 is 0 Å². The minimum absolute atomic E-state index is 0.0126. The van der Waals surface area contributed by atoms with Gasteiger partial charge in [-0.1, -0.05) is 402 Å². The molecule has 0 spiro atoms. The summed E-state index contributed by atoms with van der Waals surface area (Å²) in [5.74, 6) is -0.0486. The first kappa shape index (κ1) is 89.6. The lowest BCUT2D eigenvalue weighted by molar-refractivity contribution is -0.143. The Bertz CT molecular complexity index is 1580. The number of carbonyl (C=O) groups excluding carboxylic acids is 2. The van der Waals surface area contributed by atoms with Crippen LogP contribution < -0.4 is 5.32 Å². The lowest BCUT2D eigenvalue weighted by Crippen LogP contribution is -2.45. The van der Waals surface area contributed by atoms with Gasteiger partial charge >= 0.3 is 5.97 Å². The van der Waals surface area contributed by atoms with Crippen molar-refractivity contribution in [1.82, 2.24) is 5.32 Å². The highest BCUT2D eigenvalue weighted by Crippen LogP contribution is 2.20. The standard InChI is InChI=1S/C86H161NO5/c1-3-5-7-9-11-13-15-17-19-21-43-47-50-54-58-62-66-70-74-78-84(89)83(82-88)87-85(90)79-75-71-67-63-59-55-51-48-44-41-39-37-35-33-31-29-27-25-23-22-24-26-28-30-32-34-36-38-40-42-45-49-53-57-61-65-69-73-77-81-92-86(91)80-76-72-68-64-60-56-52-46-20-18-16-14-12-10-8-6-4-2/h12,14,18,20,22-23,26,28,74,78,83-84,88-89H,3-11,13,15-17,19,21,24-25,27,29-73,75-77,79-82H2,1-2H3,(H,87,90)/b14-12-,20-18-,23-22-,28-26-,78-74+. The molecular formula is C86H161NO5. The Morgan fingerprint density at radius 3 is 0.848 bits per heavy atom. The molecule has 0 aliphatic heterocycles. The lowest BCUT2D eigenvalue weighted by Gasteiger charge is -2.20. The molecule has 0 aliphatic rings. The van der Waals surface area contributed by atoms with Gasteiger partial charge < -0.3 is 20.3 Å². The number of unbranched alkanes of at least 4 members (excludes halogenated alkanes) is 59. The summed E-state index contributed by atoms with van der Waals surface area (Å²) in [6.07, 6.45) is 109. The second-order valence-corrected chi connectivity index (χ2v) is 28.4. The summed E-state index contributed by atoms with van der Waals surface area (Å²) in [5, 5.41) is 23.3. The van der Waals surface area contributed by atoms with Crippen LogP contribution in [0.1, 0.15) is 450 Å². The summed E-state index contributed by atoms with van der Waals surface area (Å²) in [5.41, 5.74) is 0. The molecule has 2 unspecified atom stereocenters. The number of aliphatic hydroxyl groups excluding tert-OH is 2. The molecule has 6 nitrogen and oxygen atoms in total. The highest BCUT2D eigenvalue weighted by atomic mass is 16.5. The largest absolute Gasteiger partial charge is 0.466 e. The molecule has 0 bridgehead atoms. The summed E-state index contributed by atoms with van der Waals surface area (Å²) in [6.45, 7) is 4.92. The second-order valence-electron chi connectivity index (χ2n) is 28.4. The van der Waals surface area contributed by atoms with E-state index in [1.165, 1.54) is 366 Å². The minimum Gasteiger partial charge on any atom is -0.466 e. The fourth-order valence-electron chi connectivity index (χ4n) is 12.9. The van der Waals surface area contributed by atoms with Gasteiger partial charge in [-0.05, 0) is 96.3 Å². The molecule has 3 N–H and O–H groups in total. The molecule has 0 heterocycles. The van der Waals surface area contributed by atoms with Crippen LogP contribution in [-0.2, 0) is 14.3 Å². The number of esters is 1. The SMILES string of the molecule is CCCCC/C=C\C/C=C\CCCCCCCCCC(=O)OCCCCCCCCCCCCCCCCC/C=C\C/C=C\CCCCCCCCCCCCCCCCCCCC(=O)NC(CO)C(O)/C=C/CCCCCCCCCCCCCCCCCCC. The quantitative estimate of drug-likeness (QED) is 0.0320. The minimum atomic E-state index is -0.844. The molecular weight excluding hydrogens is 1130 g/mol. The maximum atomic E-state index is 12.5. The van der Waals surface area contributed by atoms with Gasteiger partial charge in [-0.2, -0.15) is 0 Å². The van der Waals surface area contributed by atoms with Crippen molar-refractivity contribution in [2.45, 2.75) is 463 Å². The Kier molecular flexibility index (Phi) is 78.8. The van der Waals surface area contributed by atoms with E-state index in [0.717, 1.165) is 57.8 Å². The molecule has 0 aromatic carbocycles. The van der Waals surface area contributed by atoms with Crippen LogP contribution in [0.15, 0.2) is 60.8 Å². The van der Waals surface area contributed by atoms with E-state index < -0.39 is 12.1 Å². The van der Waals surface area contributed by atoms with Gasteiger partial charge in [0, 0.05) is 12.8 Å². The zero-order valence-corrected chi connectivity index (χ0v) is 62.0. The van der Waals surface area contributed by atoms with Crippen molar-refractivity contribution in [2.75, 3.05) is 13.2 Å². The van der Waals surface area contributed by atoms with Gasteiger partial charge in [0.25, 0.3) is 0 Å². The van der Waals surface area contributed by atoms with Gasteiger partial charge in [0.1, 0.15) is 0 Å². The van der Waals surface area contributed by atoms with Crippen molar-refractivity contribution < 1.29 is 24.5 Å². The number of hydrogen-bond acceptors (Lipinski definition) is 5. The molecule has 0 aromatic heterocycles. The number of aliphatic hydroxyl groups is 2. The Balaban J connectivity index is 3.37. The number of amides is 1. The maximum absolute atomic E-state index is 12.5. The molecule has 1 amide bonds. The van der Waals surface area contributed by atoms with Gasteiger partial charge in [-0.15, -0.1) is 0 Å². The zero-order chi connectivity index (χ0) is 66.3. The molecule has 92 heavy (non-hydrogen) atoms. The Morgan fingerprint density at radius 2 is 0.543 bits per heavy atom. The average Bonchev–Trinajstić information content (AvgIpc) is 3.56. The number of carbonyl (C=O) groups is 2. The van der Waals surface area contributed by atoms with Crippen molar-refractivity contribution in [2.24, 2.45) is 0 Å². The predicted octanol–water partition coefficient (Wildman–Crippen LogP) is 27.7. The first-order chi connectivity index (χ1) is 45.5. The molecule has 0 saturated carbocycles. The van der Waals surface area contributed by atoms with Crippen molar-refractivity contribution in [3.63, 3.8) is 0 Å². The third-order valence-electron chi connectivity index (χ3n) is 19.3. The third-order valence-corrected chi connectivity index (χ3v) is 19.3. The summed E-state index contributed by atoms with van der Waals surface area (Å²) in [4.78, 5) is 24.6. The third kappa shape index (κ3) is 76.6. The second kappa shape index (κ2) is 81.0. The van der Waals surface area contributed by atoms with Crippen LogP contribution in [0.4, 0.5) is 0 Å². The van der Waals surface area contributed by atoms with Gasteiger partial charge in [0.2, 0.25) is 5.91 Å². The van der Waals surface area contributed by atoms with Crippen molar-refractivity contribution in [3.8, 4) is 0 Å². The highest BCUT2D eigenvalue weighted by molar-refractivity contribution is 5.76. The van der Waals surface area contributed by atoms with Crippen molar-refractivity contribution >= 4 is 11.9 Å². The molecule has 0 fully saturated rings. The molecule has 6 heteroatoms. The predicted molar refractivity (Wildman–Crippen MR) is 407 cm³/mol. The zero-order valence-electron chi connectivity index (χ0n) is 62.0.